The van der Waals surface area contributed by atoms with Crippen LogP contribution in [0, 0.1) is 11.2 Å². The molecule has 1 fully saturated rings. The van der Waals surface area contributed by atoms with Gasteiger partial charge in [0.15, 0.2) is 5.82 Å². The molecule has 6 heteroatoms. The van der Waals surface area contributed by atoms with E-state index in [0.717, 1.165) is 0 Å². The number of amidine groups is 1. The van der Waals surface area contributed by atoms with Crippen molar-refractivity contribution >= 4 is 27.5 Å². The zero-order chi connectivity index (χ0) is 16.0. The Kier molecular flexibility index (Phi) is 4.06. The number of halogens is 2. The van der Waals surface area contributed by atoms with Gasteiger partial charge >= 0.3 is 0 Å². The van der Waals surface area contributed by atoms with Crippen LogP contribution in [0.2, 0.25) is 0 Å². The number of anilines is 1. The number of nitrogens with zero attached hydrogens (tertiary/aromatic N) is 1. The molecule has 0 aliphatic carbocycles. The van der Waals surface area contributed by atoms with Crippen molar-refractivity contribution in [1.82, 2.24) is 0 Å². The first-order valence-corrected chi connectivity index (χ1v) is 7.59. The van der Waals surface area contributed by atoms with Crippen LogP contribution < -0.4 is 10.6 Å². The molecule has 116 valence electrons. The van der Waals surface area contributed by atoms with Crippen molar-refractivity contribution in [3.8, 4) is 0 Å². The Morgan fingerprint density at radius 1 is 1.29 bits per heavy atom. The first kappa shape index (κ1) is 16.2. The lowest BCUT2D eigenvalue weighted by Gasteiger charge is -2.48. The topological polar surface area (TPSA) is 62.3 Å². The molecule has 1 saturated heterocycles. The molecular weight excluding hydrogens is 337 g/mol. The lowest BCUT2D eigenvalue weighted by atomic mass is 9.98. The molecule has 0 saturated carbocycles. The molecule has 21 heavy (non-hydrogen) atoms. The number of benzene rings is 1. The summed E-state index contributed by atoms with van der Waals surface area (Å²) in [5, 5.41) is 7.46. The maximum Gasteiger partial charge on any atom is 0.161 e. The first-order chi connectivity index (χ1) is 9.52. The molecule has 1 aliphatic heterocycles. The highest BCUT2D eigenvalue weighted by atomic mass is 79.9. The highest BCUT2D eigenvalue weighted by Gasteiger charge is 2.39. The van der Waals surface area contributed by atoms with Gasteiger partial charge < -0.3 is 15.4 Å². The number of ether oxygens (including phenoxy) is 1. The number of nitrogens with two attached hydrogens (primary N) is 1. The minimum absolute atomic E-state index is 0.157. The standard InChI is InChI=1S/C15H21BrFN3O/c1-14(2)7-20(8-15(3,4)21-14)10-6-5-9(13(18)19)11(16)12(10)17/h5-6H,7-8H2,1-4H3,(H3,18,19). The third-order valence-electron chi connectivity index (χ3n) is 3.39. The van der Waals surface area contributed by atoms with E-state index in [0.29, 0.717) is 24.3 Å². The van der Waals surface area contributed by atoms with E-state index in [9.17, 15) is 4.39 Å². The summed E-state index contributed by atoms with van der Waals surface area (Å²) >= 11 is 3.20. The van der Waals surface area contributed by atoms with Gasteiger partial charge in [0.1, 0.15) is 5.84 Å². The molecule has 1 aromatic carbocycles. The van der Waals surface area contributed by atoms with E-state index < -0.39 is 5.82 Å². The fourth-order valence-corrected chi connectivity index (χ4v) is 3.50. The van der Waals surface area contributed by atoms with E-state index in [2.05, 4.69) is 15.9 Å². The average molecular weight is 358 g/mol. The molecule has 0 bridgehead atoms. The van der Waals surface area contributed by atoms with Gasteiger partial charge in [-0.3, -0.25) is 5.41 Å². The summed E-state index contributed by atoms with van der Waals surface area (Å²) in [7, 11) is 0. The molecule has 0 radical (unpaired) electrons. The minimum atomic E-state index is -0.392. The summed E-state index contributed by atoms with van der Waals surface area (Å²) in [6.45, 7) is 9.18. The number of hydrogen-bond donors (Lipinski definition) is 2. The zero-order valence-corrected chi connectivity index (χ0v) is 14.3. The summed E-state index contributed by atoms with van der Waals surface area (Å²) in [6, 6.07) is 3.34. The molecule has 0 unspecified atom stereocenters. The number of morpholine rings is 1. The Balaban J connectivity index is 2.42. The monoisotopic (exact) mass is 357 g/mol. The van der Waals surface area contributed by atoms with E-state index in [1.54, 1.807) is 12.1 Å². The van der Waals surface area contributed by atoms with Crippen molar-refractivity contribution in [3.05, 3.63) is 28.0 Å². The second-order valence-corrected chi connectivity index (χ2v) is 7.44. The molecule has 1 aromatic rings. The number of nitrogens with one attached hydrogen (secondary N) is 1. The molecule has 0 spiro atoms. The highest BCUT2D eigenvalue weighted by molar-refractivity contribution is 9.10. The summed E-state index contributed by atoms with van der Waals surface area (Å²) < 4.78 is 20.9. The normalized spacial score (nSPS) is 20.4. The van der Waals surface area contributed by atoms with E-state index in [-0.39, 0.29) is 21.5 Å². The smallest absolute Gasteiger partial charge is 0.161 e. The van der Waals surface area contributed by atoms with Gasteiger partial charge in [0.2, 0.25) is 0 Å². The van der Waals surface area contributed by atoms with Crippen LogP contribution in [0.4, 0.5) is 10.1 Å². The summed E-state index contributed by atoms with van der Waals surface area (Å²) in [5.74, 6) is -0.550. The van der Waals surface area contributed by atoms with Gasteiger partial charge in [-0.2, -0.15) is 0 Å². The SMILES string of the molecule is CC1(C)CN(c2ccc(C(=N)N)c(Br)c2F)CC(C)(C)O1. The van der Waals surface area contributed by atoms with Crippen molar-refractivity contribution < 1.29 is 9.13 Å². The summed E-state index contributed by atoms with van der Waals surface area (Å²) in [6.07, 6.45) is 0. The molecule has 0 atom stereocenters. The fraction of sp³-hybridized carbons (Fsp3) is 0.533. The third kappa shape index (κ3) is 3.37. The first-order valence-electron chi connectivity index (χ1n) is 6.80. The molecule has 2 rings (SSSR count). The molecule has 0 aromatic heterocycles. The van der Waals surface area contributed by atoms with Crippen LogP contribution in [0.1, 0.15) is 33.3 Å². The predicted molar refractivity (Wildman–Crippen MR) is 86.6 cm³/mol. The minimum Gasteiger partial charge on any atom is -0.384 e. The average Bonchev–Trinajstić information content (AvgIpc) is 2.27. The zero-order valence-electron chi connectivity index (χ0n) is 12.8. The van der Waals surface area contributed by atoms with Crippen LogP contribution >= 0.6 is 15.9 Å². The Hall–Kier alpha value is -1.14. The van der Waals surface area contributed by atoms with Crippen molar-refractivity contribution in [3.63, 3.8) is 0 Å². The molecular formula is C15H21BrFN3O. The van der Waals surface area contributed by atoms with Crippen molar-refractivity contribution in [2.75, 3.05) is 18.0 Å². The Morgan fingerprint density at radius 3 is 2.29 bits per heavy atom. The summed E-state index contributed by atoms with van der Waals surface area (Å²) in [4.78, 5) is 1.98. The van der Waals surface area contributed by atoms with E-state index >= 15 is 0 Å². The largest absolute Gasteiger partial charge is 0.384 e. The van der Waals surface area contributed by atoms with Gasteiger partial charge in [-0.05, 0) is 55.8 Å². The van der Waals surface area contributed by atoms with Crippen LogP contribution in [0.5, 0.6) is 0 Å². The van der Waals surface area contributed by atoms with Crippen LogP contribution in [0.25, 0.3) is 0 Å². The van der Waals surface area contributed by atoms with Gasteiger partial charge in [-0.25, -0.2) is 4.39 Å². The third-order valence-corrected chi connectivity index (χ3v) is 4.16. The van der Waals surface area contributed by atoms with Crippen molar-refractivity contribution in [2.45, 2.75) is 38.9 Å². The van der Waals surface area contributed by atoms with Crippen LogP contribution in [-0.2, 0) is 4.74 Å². The lowest BCUT2D eigenvalue weighted by molar-refractivity contribution is -0.133. The van der Waals surface area contributed by atoms with E-state index in [1.165, 1.54) is 0 Å². The van der Waals surface area contributed by atoms with Gasteiger partial charge in [0, 0.05) is 18.7 Å². The lowest BCUT2D eigenvalue weighted by Crippen LogP contribution is -2.57. The highest BCUT2D eigenvalue weighted by Crippen LogP contribution is 2.35. The van der Waals surface area contributed by atoms with Gasteiger partial charge in [-0.1, -0.05) is 0 Å². The van der Waals surface area contributed by atoms with Crippen molar-refractivity contribution in [2.24, 2.45) is 5.73 Å². The maximum absolute atomic E-state index is 14.6. The number of rotatable bonds is 2. The maximum atomic E-state index is 14.6. The van der Waals surface area contributed by atoms with Gasteiger partial charge in [0.25, 0.3) is 0 Å². The number of nitrogen functional groups attached to an aromatic ring is 1. The van der Waals surface area contributed by atoms with Crippen molar-refractivity contribution in [1.29, 1.82) is 5.41 Å². The molecule has 3 N–H and O–H groups in total. The molecule has 4 nitrogen and oxygen atoms in total. The Morgan fingerprint density at radius 2 is 1.81 bits per heavy atom. The predicted octanol–water partition coefficient (Wildman–Crippen LogP) is 3.27. The molecule has 0 amide bonds. The Labute approximate surface area is 133 Å². The molecule has 1 aliphatic rings. The van der Waals surface area contributed by atoms with Crippen LogP contribution in [0.15, 0.2) is 16.6 Å². The van der Waals surface area contributed by atoms with Gasteiger partial charge in [0.05, 0.1) is 21.4 Å². The fourth-order valence-electron chi connectivity index (χ4n) is 2.95. The molecule has 1 heterocycles. The van der Waals surface area contributed by atoms with E-state index in [1.807, 2.05) is 32.6 Å². The van der Waals surface area contributed by atoms with Crippen LogP contribution in [0.3, 0.4) is 0 Å². The Bertz CT molecular complexity index is 571. The van der Waals surface area contributed by atoms with Gasteiger partial charge in [-0.15, -0.1) is 0 Å². The second kappa shape index (κ2) is 5.25. The second-order valence-electron chi connectivity index (χ2n) is 6.65. The summed E-state index contributed by atoms with van der Waals surface area (Å²) in [5.41, 5.74) is 5.59. The van der Waals surface area contributed by atoms with Crippen LogP contribution in [-0.4, -0.2) is 30.1 Å². The van der Waals surface area contributed by atoms with E-state index in [4.69, 9.17) is 15.9 Å². The number of hydrogen-bond acceptors (Lipinski definition) is 3. The quantitative estimate of drug-likeness (QED) is 0.630.